The summed E-state index contributed by atoms with van der Waals surface area (Å²) in [6.45, 7) is 3.46. The van der Waals surface area contributed by atoms with Crippen molar-refractivity contribution in [3.05, 3.63) is 24.3 Å². The van der Waals surface area contributed by atoms with E-state index < -0.39 is 59.9 Å². The van der Waals surface area contributed by atoms with Crippen molar-refractivity contribution in [2.45, 2.75) is 403 Å². The lowest BCUT2D eigenvalue weighted by molar-refractivity contribution is -0.298. The lowest BCUT2D eigenvalue weighted by atomic mass is 9.99. The number of ether oxygens (including phenoxy) is 2. The van der Waals surface area contributed by atoms with Crippen molar-refractivity contribution in [2.75, 3.05) is 13.2 Å². The Bertz CT molecular complexity index is 1550. The molecular formula is C70H135NO11S. The topological polar surface area (TPSA) is 192 Å². The SMILES string of the molecule is CCCCCCCCCCCCCCCCCC/C=C\CCCCCCCCCCCCCCCCCCCC(=O)NC(COC1OC(CO)C(O)C(OS(=O)(=O)O)C1O)C(O)/C=C/CCCCCCCCCCCCCCCCCCC. The highest BCUT2D eigenvalue weighted by atomic mass is 32.3. The predicted molar refractivity (Wildman–Crippen MR) is 347 cm³/mol. The number of hydrogen-bond acceptors (Lipinski definition) is 10. The van der Waals surface area contributed by atoms with Gasteiger partial charge in [-0.3, -0.25) is 9.35 Å². The molecule has 1 rings (SSSR count). The number of rotatable bonds is 64. The molecule has 0 aromatic carbocycles. The van der Waals surface area contributed by atoms with Gasteiger partial charge in [0.1, 0.15) is 24.4 Å². The first-order valence-corrected chi connectivity index (χ1v) is 37.1. The number of allylic oxidation sites excluding steroid dienone is 3. The van der Waals surface area contributed by atoms with Crippen molar-refractivity contribution in [2.24, 2.45) is 0 Å². The zero-order chi connectivity index (χ0) is 60.4. The molecule has 0 radical (unpaired) electrons. The van der Waals surface area contributed by atoms with Gasteiger partial charge >= 0.3 is 10.4 Å². The summed E-state index contributed by atoms with van der Waals surface area (Å²) in [4.78, 5) is 13.2. The number of nitrogens with one attached hydrogen (secondary N) is 1. The number of unbranched alkanes of at least 4 members (excludes halogenated alkanes) is 50. The lowest BCUT2D eigenvalue weighted by Gasteiger charge is -2.41. The van der Waals surface area contributed by atoms with E-state index in [-0.39, 0.29) is 18.9 Å². The Hall–Kier alpha value is -1.42. The van der Waals surface area contributed by atoms with Gasteiger partial charge in [0.2, 0.25) is 5.91 Å². The van der Waals surface area contributed by atoms with E-state index in [0.29, 0.717) is 6.42 Å². The van der Waals surface area contributed by atoms with Crippen LogP contribution in [0.4, 0.5) is 0 Å². The average Bonchev–Trinajstić information content (AvgIpc) is 3.42. The maximum atomic E-state index is 13.2. The van der Waals surface area contributed by atoms with Crippen LogP contribution in [0, 0.1) is 0 Å². The Morgan fingerprint density at radius 1 is 0.470 bits per heavy atom. The molecule has 7 atom stereocenters. The molecule has 1 heterocycles. The van der Waals surface area contributed by atoms with E-state index in [4.69, 9.17) is 9.47 Å². The zero-order valence-electron chi connectivity index (χ0n) is 54.0. The van der Waals surface area contributed by atoms with Crippen LogP contribution in [0.15, 0.2) is 24.3 Å². The van der Waals surface area contributed by atoms with Gasteiger partial charge < -0.3 is 35.2 Å². The Morgan fingerprint density at radius 2 is 0.771 bits per heavy atom. The van der Waals surface area contributed by atoms with Crippen LogP contribution in [0.3, 0.4) is 0 Å². The minimum atomic E-state index is -5.09. The van der Waals surface area contributed by atoms with Crippen molar-refractivity contribution in [3.63, 3.8) is 0 Å². The molecule has 0 saturated carbocycles. The molecule has 0 aromatic heterocycles. The van der Waals surface area contributed by atoms with E-state index in [9.17, 15) is 38.2 Å². The molecular weight excluding hydrogens is 1060 g/mol. The number of carbonyl (C=O) groups excluding carboxylic acids is 1. The molecule has 1 amide bonds. The summed E-state index contributed by atoms with van der Waals surface area (Å²) in [5.74, 6) is -0.255. The Labute approximate surface area is 512 Å². The molecule has 7 unspecified atom stereocenters. The van der Waals surface area contributed by atoms with Gasteiger partial charge in [0.25, 0.3) is 0 Å². The van der Waals surface area contributed by atoms with E-state index in [1.54, 1.807) is 6.08 Å². The van der Waals surface area contributed by atoms with Gasteiger partial charge in [-0.1, -0.05) is 334 Å². The molecule has 0 aromatic rings. The van der Waals surface area contributed by atoms with Gasteiger partial charge in [-0.05, 0) is 44.9 Å². The molecule has 83 heavy (non-hydrogen) atoms. The second kappa shape index (κ2) is 59.5. The summed E-state index contributed by atoms with van der Waals surface area (Å²) in [5, 5.41) is 45.1. The van der Waals surface area contributed by atoms with Crippen LogP contribution in [0.1, 0.15) is 361 Å². The fourth-order valence-corrected chi connectivity index (χ4v) is 12.3. The minimum absolute atomic E-state index is 0.255. The Morgan fingerprint density at radius 3 is 1.08 bits per heavy atom. The summed E-state index contributed by atoms with van der Waals surface area (Å²) < 4.78 is 48.0. The average molecular weight is 1200 g/mol. The molecule has 6 N–H and O–H groups in total. The molecule has 1 aliphatic heterocycles. The van der Waals surface area contributed by atoms with Crippen LogP contribution in [0.25, 0.3) is 0 Å². The van der Waals surface area contributed by atoms with E-state index in [0.717, 1.165) is 38.5 Å². The van der Waals surface area contributed by atoms with Crippen molar-refractivity contribution in [1.29, 1.82) is 0 Å². The highest BCUT2D eigenvalue weighted by Crippen LogP contribution is 2.26. The maximum absolute atomic E-state index is 13.2. The summed E-state index contributed by atoms with van der Waals surface area (Å²) in [7, 11) is -5.09. The molecule has 0 spiro atoms. The van der Waals surface area contributed by atoms with Crippen molar-refractivity contribution in [1.82, 2.24) is 5.32 Å². The first-order chi connectivity index (χ1) is 40.5. The third-order valence-corrected chi connectivity index (χ3v) is 17.7. The van der Waals surface area contributed by atoms with Crippen LogP contribution < -0.4 is 5.32 Å². The Balaban J connectivity index is 2.18. The van der Waals surface area contributed by atoms with Crippen LogP contribution in [-0.2, 0) is 28.9 Å². The number of aliphatic hydroxyl groups is 4. The molecule has 12 nitrogen and oxygen atoms in total. The monoisotopic (exact) mass is 1200 g/mol. The van der Waals surface area contributed by atoms with Gasteiger partial charge in [-0.2, -0.15) is 8.42 Å². The summed E-state index contributed by atoms with van der Waals surface area (Å²) >= 11 is 0. The fourth-order valence-electron chi connectivity index (χ4n) is 11.8. The summed E-state index contributed by atoms with van der Waals surface area (Å²) in [6, 6.07) is -0.943. The molecule has 0 bridgehead atoms. The lowest BCUT2D eigenvalue weighted by Crippen LogP contribution is -2.61. The van der Waals surface area contributed by atoms with Gasteiger partial charge in [-0.25, -0.2) is 4.18 Å². The normalized spacial score (nSPS) is 18.5. The first kappa shape index (κ1) is 79.6. The number of aliphatic hydroxyl groups excluding tert-OH is 4. The minimum Gasteiger partial charge on any atom is -0.394 e. The smallest absolute Gasteiger partial charge is 0.394 e. The van der Waals surface area contributed by atoms with Crippen LogP contribution in [0.5, 0.6) is 0 Å². The van der Waals surface area contributed by atoms with Crippen molar-refractivity contribution < 1.29 is 51.8 Å². The van der Waals surface area contributed by atoms with E-state index in [1.165, 1.54) is 295 Å². The van der Waals surface area contributed by atoms with Crippen molar-refractivity contribution in [3.8, 4) is 0 Å². The first-order valence-electron chi connectivity index (χ1n) is 35.7. The molecule has 13 heteroatoms. The van der Waals surface area contributed by atoms with E-state index >= 15 is 0 Å². The highest BCUT2D eigenvalue weighted by molar-refractivity contribution is 7.80. The molecule has 1 fully saturated rings. The third kappa shape index (κ3) is 51.2. The molecule has 492 valence electrons. The zero-order valence-corrected chi connectivity index (χ0v) is 54.9. The summed E-state index contributed by atoms with van der Waals surface area (Å²) in [5.41, 5.74) is 0. The van der Waals surface area contributed by atoms with Gasteiger partial charge in [-0.15, -0.1) is 0 Å². The van der Waals surface area contributed by atoms with Crippen molar-refractivity contribution >= 4 is 16.3 Å². The Kier molecular flexibility index (Phi) is 57.1. The van der Waals surface area contributed by atoms with Crippen LogP contribution in [-0.4, -0.2) is 95.4 Å². The quantitative estimate of drug-likeness (QED) is 0.0193. The van der Waals surface area contributed by atoms with E-state index in [1.807, 2.05) is 6.08 Å². The third-order valence-electron chi connectivity index (χ3n) is 17.2. The standard InChI is InChI=1S/C70H135NO11S/c1-3-5-7-9-11-13-15-17-19-21-23-24-25-26-27-28-29-30-31-32-33-34-35-36-37-38-39-40-42-44-46-48-50-52-54-56-58-60-66(74)71-63(62-80-70-68(76)69(82-83(77,78)79)67(75)65(61-72)81-70)64(73)59-57-55-53-51-49-47-45-43-41-22-20-18-16-14-12-10-8-6-4-2/h30-31,57,59,63-65,67-70,72-73,75-76H,3-29,32-56,58,60-62H2,1-2H3,(H,71,74)(H,77,78,79)/b31-30-,59-57+. The van der Waals surface area contributed by atoms with Gasteiger partial charge in [0.05, 0.1) is 25.4 Å². The second-order valence-electron chi connectivity index (χ2n) is 25.2. The van der Waals surface area contributed by atoms with Gasteiger partial charge in [0.15, 0.2) is 6.29 Å². The molecule has 0 aliphatic carbocycles. The number of hydrogen-bond donors (Lipinski definition) is 6. The highest BCUT2D eigenvalue weighted by Gasteiger charge is 2.48. The van der Waals surface area contributed by atoms with Crippen LogP contribution in [0.2, 0.25) is 0 Å². The second-order valence-corrected chi connectivity index (χ2v) is 26.2. The summed E-state index contributed by atoms with van der Waals surface area (Å²) in [6.07, 6.45) is 68.4. The van der Waals surface area contributed by atoms with E-state index in [2.05, 4.69) is 35.5 Å². The number of carbonyl (C=O) groups is 1. The number of amides is 1. The molecule has 1 saturated heterocycles. The largest absolute Gasteiger partial charge is 0.397 e. The fraction of sp³-hybridized carbons (Fsp3) is 0.929. The van der Waals surface area contributed by atoms with Crippen LogP contribution >= 0.6 is 0 Å². The molecule has 1 aliphatic rings. The maximum Gasteiger partial charge on any atom is 0.397 e. The predicted octanol–water partition coefficient (Wildman–Crippen LogP) is 18.7. The van der Waals surface area contributed by atoms with Gasteiger partial charge in [0, 0.05) is 6.42 Å².